The van der Waals surface area contributed by atoms with Crippen LogP contribution in [-0.4, -0.2) is 114 Å². The van der Waals surface area contributed by atoms with Gasteiger partial charge in [0.2, 0.25) is 41.4 Å². The Kier molecular flexibility index (Phi) is 24.5. The van der Waals surface area contributed by atoms with E-state index in [9.17, 15) is 48.3 Å². The van der Waals surface area contributed by atoms with Crippen molar-refractivity contribution in [3.63, 3.8) is 0 Å². The van der Waals surface area contributed by atoms with Crippen LogP contribution in [0.5, 0.6) is 11.5 Å². The number of aryl methyl sites for hydroxylation is 1. The summed E-state index contributed by atoms with van der Waals surface area (Å²) in [5.41, 5.74) is 5.08. The Bertz CT molecular complexity index is 2490. The summed E-state index contributed by atoms with van der Waals surface area (Å²) in [4.78, 5) is 117. The summed E-state index contributed by atoms with van der Waals surface area (Å²) in [6, 6.07) is 8.85. The molecule has 0 bridgehead atoms. The van der Waals surface area contributed by atoms with Crippen molar-refractivity contribution < 1.29 is 57.7 Å². The van der Waals surface area contributed by atoms with E-state index in [-0.39, 0.29) is 61.3 Å². The van der Waals surface area contributed by atoms with Crippen LogP contribution in [0.1, 0.15) is 107 Å². The lowest BCUT2D eigenvalue weighted by Gasteiger charge is -2.28. The quantitative estimate of drug-likeness (QED) is 0.0352. The first-order valence-corrected chi connectivity index (χ1v) is 25.2. The van der Waals surface area contributed by atoms with Crippen LogP contribution >= 0.6 is 0 Å². The minimum atomic E-state index is -1.37. The zero-order valence-corrected chi connectivity index (χ0v) is 44.6. The fraction of sp³-hybridized carbons (Fsp3) is 0.566. The second-order valence-corrected chi connectivity index (χ2v) is 19.7. The van der Waals surface area contributed by atoms with Crippen LogP contribution in [-0.2, 0) is 49.6 Å². The van der Waals surface area contributed by atoms with Crippen molar-refractivity contribution >= 4 is 63.8 Å². The van der Waals surface area contributed by atoms with Gasteiger partial charge in [-0.3, -0.25) is 38.4 Å². The van der Waals surface area contributed by atoms with E-state index in [1.165, 1.54) is 24.7 Å². The third-order valence-corrected chi connectivity index (χ3v) is 12.3. The molecular weight excluding hydrogens is 957 g/mol. The molecule has 3 rings (SSSR count). The summed E-state index contributed by atoms with van der Waals surface area (Å²) in [5, 5.41) is 27.6. The number of carbonyl (C=O) groups excluding carboxylic acids is 8. The van der Waals surface area contributed by atoms with Crippen molar-refractivity contribution in [2.45, 2.75) is 151 Å². The van der Waals surface area contributed by atoms with Gasteiger partial charge >= 0.3 is 5.97 Å². The first-order valence-electron chi connectivity index (χ1n) is 25.2. The van der Waals surface area contributed by atoms with Gasteiger partial charge in [0.1, 0.15) is 53.9 Å². The van der Waals surface area contributed by atoms with Crippen LogP contribution in [0, 0.1) is 30.6 Å². The molecule has 21 heteroatoms. The highest BCUT2D eigenvalue weighted by molar-refractivity contribution is 5.94. The van der Waals surface area contributed by atoms with Crippen LogP contribution in [0.2, 0.25) is 0 Å². The predicted molar refractivity (Wildman–Crippen MR) is 279 cm³/mol. The number of carbonyl (C=O) groups is 8. The predicted octanol–water partition coefficient (Wildman–Crippen LogP) is 3.13. The maximum Gasteiger partial charge on any atom is 0.328 e. The molecule has 0 saturated heterocycles. The first-order chi connectivity index (χ1) is 34.9. The standard InChI is InChI=1S/C53H78N8O13/c1-12-32(8)46(51(69)60-47(34(10)62)48(54)66)58-43(65)28-61-33(9)17-22-39(52(61)70)55-41(63)15-13-23-73-37-20-18-35-19-21-38(27-36(35)26-37)74-24-14-16-42(64)57-44(30(4)5)50(68)56-40(25-29(2)3)49(67)59-45(31(6)7)53(71)72-11/h17-22,26-27,29-32,34,40,44-47,62H,12-16,23-25,28H2,1-11H3,(H2,54,66)(H,55,63)(H,56,68)(H,57,64)(H,58,65)(H,59,67)(H,60,69)/t32-,34+,40-,44-,45-,46-,47-/m0/s1. The average molecular weight is 1040 g/mol. The lowest BCUT2D eigenvalue weighted by Crippen LogP contribution is -2.58. The van der Waals surface area contributed by atoms with Gasteiger partial charge in [0.05, 0.1) is 26.4 Å². The van der Waals surface area contributed by atoms with Gasteiger partial charge in [-0.2, -0.15) is 0 Å². The number of pyridine rings is 1. The van der Waals surface area contributed by atoms with E-state index in [0.29, 0.717) is 42.9 Å². The second kappa shape index (κ2) is 29.6. The molecule has 0 fully saturated rings. The molecule has 2 aromatic carbocycles. The van der Waals surface area contributed by atoms with Gasteiger partial charge in [0.15, 0.2) is 0 Å². The molecule has 74 heavy (non-hydrogen) atoms. The molecule has 21 nitrogen and oxygen atoms in total. The average Bonchev–Trinajstić information content (AvgIpc) is 3.34. The second-order valence-electron chi connectivity index (χ2n) is 19.7. The molecule has 0 aliphatic carbocycles. The molecule has 1 heterocycles. The number of primary amides is 1. The van der Waals surface area contributed by atoms with Crippen molar-refractivity contribution in [2.75, 3.05) is 25.6 Å². The van der Waals surface area contributed by atoms with Gasteiger partial charge in [-0.1, -0.05) is 73.9 Å². The number of fused-ring (bicyclic) bond motifs is 1. The van der Waals surface area contributed by atoms with Crippen LogP contribution in [0.3, 0.4) is 0 Å². The zero-order chi connectivity index (χ0) is 55.4. The number of nitrogens with two attached hydrogens (primary N) is 1. The van der Waals surface area contributed by atoms with E-state index < -0.39 is 89.8 Å². The van der Waals surface area contributed by atoms with E-state index in [1.54, 1.807) is 53.7 Å². The lowest BCUT2D eigenvalue weighted by molar-refractivity contribution is -0.146. The van der Waals surface area contributed by atoms with Crippen LogP contribution in [0.25, 0.3) is 10.8 Å². The number of aliphatic hydroxyl groups is 1. The number of ether oxygens (including phenoxy) is 3. The third kappa shape index (κ3) is 19.1. The summed E-state index contributed by atoms with van der Waals surface area (Å²) in [6.45, 7) is 17.3. The number of nitrogens with zero attached hydrogens (tertiary/aromatic N) is 1. The third-order valence-electron chi connectivity index (χ3n) is 12.3. The van der Waals surface area contributed by atoms with Crippen molar-refractivity contribution in [1.29, 1.82) is 0 Å². The Morgan fingerprint density at radius 1 is 0.649 bits per heavy atom. The van der Waals surface area contributed by atoms with Crippen LogP contribution < -0.4 is 52.7 Å². The molecule has 1 aromatic heterocycles. The molecule has 0 saturated carbocycles. The fourth-order valence-electron chi connectivity index (χ4n) is 7.76. The van der Waals surface area contributed by atoms with Gasteiger partial charge < -0.3 is 61.5 Å². The maximum atomic E-state index is 13.5. The molecule has 408 valence electrons. The number of esters is 1. The van der Waals surface area contributed by atoms with Crippen LogP contribution in [0.4, 0.5) is 5.69 Å². The van der Waals surface area contributed by atoms with Gasteiger partial charge in [-0.05, 0) is 104 Å². The molecule has 9 N–H and O–H groups in total. The summed E-state index contributed by atoms with van der Waals surface area (Å²) < 4.78 is 17.9. The SMILES string of the molecule is CC[C@H](C)[C@H](NC(=O)Cn1c(C)ccc(NC(=O)CCCOc2ccc3ccc(OCCCC(=O)N[C@H](C(=O)N[C@@H](CC(C)C)C(=O)N[C@H](C(=O)OC)C(C)C)C(C)C)cc3c2)c1=O)C(=O)N[C@H](C(N)=O)[C@@H](C)O. The fourth-order valence-corrected chi connectivity index (χ4v) is 7.76. The highest BCUT2D eigenvalue weighted by Crippen LogP contribution is 2.26. The van der Waals surface area contributed by atoms with Crippen LogP contribution in [0.15, 0.2) is 53.3 Å². The summed E-state index contributed by atoms with van der Waals surface area (Å²) in [5.74, 6) is -4.54. The number of hydrogen-bond acceptors (Lipinski definition) is 13. The maximum absolute atomic E-state index is 13.5. The number of benzene rings is 2. The Labute approximate surface area is 433 Å². The number of hydrogen-bond donors (Lipinski definition) is 8. The Hall–Kier alpha value is -7.03. The largest absolute Gasteiger partial charge is 0.494 e. The monoisotopic (exact) mass is 1030 g/mol. The van der Waals surface area contributed by atoms with E-state index in [4.69, 9.17) is 19.9 Å². The van der Waals surface area contributed by atoms with E-state index >= 15 is 0 Å². The summed E-state index contributed by atoms with van der Waals surface area (Å²) in [6.07, 6.45) is 0.266. The number of rotatable bonds is 30. The van der Waals surface area contributed by atoms with Gasteiger partial charge in [-0.15, -0.1) is 0 Å². The minimum absolute atomic E-state index is 0.0172. The number of methoxy groups -OCH3 is 1. The van der Waals surface area contributed by atoms with Gasteiger partial charge in [0, 0.05) is 18.5 Å². The van der Waals surface area contributed by atoms with Crippen molar-refractivity contribution in [3.8, 4) is 11.5 Å². The normalized spacial score (nSPS) is 14.1. The molecule has 0 radical (unpaired) electrons. The molecule has 0 spiro atoms. The van der Waals surface area contributed by atoms with Crippen molar-refractivity contribution in [2.24, 2.45) is 29.4 Å². The molecule has 7 amide bonds. The number of aromatic nitrogens is 1. The van der Waals surface area contributed by atoms with Gasteiger partial charge in [0.25, 0.3) is 5.56 Å². The Morgan fingerprint density at radius 2 is 1.19 bits per heavy atom. The highest BCUT2D eigenvalue weighted by Gasteiger charge is 2.34. The summed E-state index contributed by atoms with van der Waals surface area (Å²) in [7, 11) is 1.24. The molecule has 0 aliphatic heterocycles. The molecule has 3 aromatic rings. The van der Waals surface area contributed by atoms with E-state index in [0.717, 1.165) is 10.8 Å². The Morgan fingerprint density at radius 3 is 1.70 bits per heavy atom. The number of anilines is 1. The zero-order valence-electron chi connectivity index (χ0n) is 44.6. The minimum Gasteiger partial charge on any atom is -0.494 e. The smallest absolute Gasteiger partial charge is 0.328 e. The number of amides is 7. The molecule has 0 aliphatic rings. The van der Waals surface area contributed by atoms with Crippen molar-refractivity contribution in [1.82, 2.24) is 31.2 Å². The lowest BCUT2D eigenvalue weighted by atomic mass is 9.97. The van der Waals surface area contributed by atoms with Gasteiger partial charge in [-0.25, -0.2) is 4.79 Å². The summed E-state index contributed by atoms with van der Waals surface area (Å²) >= 11 is 0. The van der Waals surface area contributed by atoms with Crippen molar-refractivity contribution in [3.05, 3.63) is 64.6 Å². The molecule has 7 atom stereocenters. The van der Waals surface area contributed by atoms with E-state index in [2.05, 4.69) is 31.9 Å². The number of aliphatic hydroxyl groups excluding tert-OH is 1. The first kappa shape index (κ1) is 61.3. The topological polar surface area (TPSA) is 305 Å². The molecule has 0 unspecified atom stereocenters. The number of nitrogens with one attached hydrogen (secondary N) is 6. The molecular formula is C53H78N8O13. The highest BCUT2D eigenvalue weighted by atomic mass is 16.5. The van der Waals surface area contributed by atoms with E-state index in [1.807, 2.05) is 51.1 Å². The Balaban J connectivity index is 1.51.